The molecule has 20 heavy (non-hydrogen) atoms. The van der Waals surface area contributed by atoms with Crippen molar-refractivity contribution in [1.29, 1.82) is 0 Å². The monoisotopic (exact) mass is 307 g/mol. The molecule has 0 saturated carbocycles. The van der Waals surface area contributed by atoms with E-state index in [1.54, 1.807) is 0 Å². The van der Waals surface area contributed by atoms with Crippen molar-refractivity contribution < 1.29 is 27.0 Å². The van der Waals surface area contributed by atoms with Gasteiger partial charge in [-0.25, -0.2) is 21.9 Å². The van der Waals surface area contributed by atoms with Gasteiger partial charge in [0.05, 0.1) is 10.5 Å². The second kappa shape index (κ2) is 5.72. The molecule has 0 radical (unpaired) electrons. The van der Waals surface area contributed by atoms with Crippen LogP contribution in [0.25, 0.3) is 0 Å². The summed E-state index contributed by atoms with van der Waals surface area (Å²) >= 11 is 0. The first-order chi connectivity index (χ1) is 9.31. The maximum atomic E-state index is 13.0. The summed E-state index contributed by atoms with van der Waals surface area (Å²) in [5.41, 5.74) is -1.20. The largest absolute Gasteiger partial charge is 0.388 e. The maximum absolute atomic E-state index is 13.0. The third kappa shape index (κ3) is 3.72. The van der Waals surface area contributed by atoms with Crippen LogP contribution in [0.5, 0.6) is 0 Å². The third-order valence-electron chi connectivity index (χ3n) is 3.16. The quantitative estimate of drug-likeness (QED) is 0.862. The molecule has 1 aliphatic rings. The number of hydrogen-bond donors (Lipinski definition) is 2. The van der Waals surface area contributed by atoms with Crippen LogP contribution in [0.4, 0.5) is 8.78 Å². The van der Waals surface area contributed by atoms with E-state index in [9.17, 15) is 22.3 Å². The minimum absolute atomic E-state index is 0.225. The van der Waals surface area contributed by atoms with E-state index in [-0.39, 0.29) is 6.54 Å². The molecule has 0 aromatic heterocycles. The second-order valence-corrected chi connectivity index (χ2v) is 6.53. The molecule has 1 aromatic rings. The number of ether oxygens (including phenoxy) is 1. The molecule has 2 N–H and O–H groups in total. The molecular weight excluding hydrogens is 292 g/mol. The fourth-order valence-electron chi connectivity index (χ4n) is 1.92. The van der Waals surface area contributed by atoms with Gasteiger partial charge in [-0.2, -0.15) is 0 Å². The Kier molecular flexibility index (Phi) is 4.38. The van der Waals surface area contributed by atoms with Crippen LogP contribution in [0.15, 0.2) is 23.1 Å². The summed E-state index contributed by atoms with van der Waals surface area (Å²) in [5, 5.41) is 10.1. The van der Waals surface area contributed by atoms with Gasteiger partial charge in [0.2, 0.25) is 10.0 Å². The summed E-state index contributed by atoms with van der Waals surface area (Å²) in [6.07, 6.45) is 0.597. The van der Waals surface area contributed by atoms with Crippen molar-refractivity contribution >= 4 is 10.0 Å². The van der Waals surface area contributed by atoms with Gasteiger partial charge in [0.15, 0.2) is 0 Å². The average Bonchev–Trinajstić information content (AvgIpc) is 2.37. The number of hydrogen-bond acceptors (Lipinski definition) is 4. The van der Waals surface area contributed by atoms with Crippen LogP contribution in [0.1, 0.15) is 12.8 Å². The molecule has 1 saturated heterocycles. The van der Waals surface area contributed by atoms with Crippen molar-refractivity contribution in [2.24, 2.45) is 0 Å². The molecule has 0 unspecified atom stereocenters. The van der Waals surface area contributed by atoms with E-state index in [0.717, 1.165) is 12.1 Å². The molecule has 1 fully saturated rings. The Morgan fingerprint density at radius 1 is 1.20 bits per heavy atom. The molecule has 0 aliphatic carbocycles. The average molecular weight is 307 g/mol. The molecule has 2 rings (SSSR count). The van der Waals surface area contributed by atoms with Gasteiger partial charge < -0.3 is 9.84 Å². The highest BCUT2D eigenvalue weighted by molar-refractivity contribution is 7.89. The van der Waals surface area contributed by atoms with E-state index < -0.39 is 32.2 Å². The van der Waals surface area contributed by atoms with E-state index >= 15 is 0 Å². The first-order valence-corrected chi connectivity index (χ1v) is 7.55. The van der Waals surface area contributed by atoms with Crippen LogP contribution in [-0.4, -0.2) is 38.9 Å². The number of halogens is 2. The minimum atomic E-state index is -4.07. The number of benzene rings is 1. The molecular formula is C12H15F2NO4S. The van der Waals surface area contributed by atoms with Crippen molar-refractivity contribution in [3.63, 3.8) is 0 Å². The first kappa shape index (κ1) is 15.3. The first-order valence-electron chi connectivity index (χ1n) is 6.07. The highest BCUT2D eigenvalue weighted by Crippen LogP contribution is 2.20. The van der Waals surface area contributed by atoms with Crippen LogP contribution in [-0.2, 0) is 14.8 Å². The van der Waals surface area contributed by atoms with Crippen LogP contribution >= 0.6 is 0 Å². The third-order valence-corrected chi connectivity index (χ3v) is 4.54. The molecule has 5 nitrogen and oxygen atoms in total. The van der Waals surface area contributed by atoms with Crippen LogP contribution in [0, 0.1) is 11.6 Å². The standard InChI is InChI=1S/C12H15F2NO4S/c13-9-5-10(14)7-11(6-9)20(17,18)15-8-12(16)1-3-19-4-2-12/h5-7,15-16H,1-4,8H2. The maximum Gasteiger partial charge on any atom is 0.240 e. The van der Waals surface area contributed by atoms with Crippen molar-refractivity contribution in [3.8, 4) is 0 Å². The predicted molar refractivity (Wildman–Crippen MR) is 66.5 cm³/mol. The van der Waals surface area contributed by atoms with Crippen molar-refractivity contribution in [3.05, 3.63) is 29.8 Å². The Morgan fingerprint density at radius 2 is 1.75 bits per heavy atom. The van der Waals surface area contributed by atoms with E-state index in [0.29, 0.717) is 32.1 Å². The van der Waals surface area contributed by atoms with Gasteiger partial charge in [0, 0.05) is 38.7 Å². The SMILES string of the molecule is O=S(=O)(NCC1(O)CCOCC1)c1cc(F)cc(F)c1. The van der Waals surface area contributed by atoms with Crippen molar-refractivity contribution in [2.75, 3.05) is 19.8 Å². The number of rotatable bonds is 4. The lowest BCUT2D eigenvalue weighted by atomic mass is 9.95. The molecule has 112 valence electrons. The zero-order valence-corrected chi connectivity index (χ0v) is 11.4. The molecule has 0 atom stereocenters. The van der Waals surface area contributed by atoms with Gasteiger partial charge in [-0.3, -0.25) is 0 Å². The Hall–Kier alpha value is -1.09. The van der Waals surface area contributed by atoms with E-state index in [1.165, 1.54) is 0 Å². The topological polar surface area (TPSA) is 75.6 Å². The van der Waals surface area contributed by atoms with Gasteiger partial charge in [-0.15, -0.1) is 0 Å². The zero-order chi connectivity index (χ0) is 14.8. The fourth-order valence-corrected chi connectivity index (χ4v) is 3.09. The van der Waals surface area contributed by atoms with Crippen molar-refractivity contribution in [1.82, 2.24) is 4.72 Å². The minimum Gasteiger partial charge on any atom is -0.388 e. The summed E-state index contributed by atoms with van der Waals surface area (Å²) < 4.78 is 57.2. The van der Waals surface area contributed by atoms with E-state index in [4.69, 9.17) is 4.74 Å². The van der Waals surface area contributed by atoms with E-state index in [1.807, 2.05) is 0 Å². The van der Waals surface area contributed by atoms with Crippen molar-refractivity contribution in [2.45, 2.75) is 23.3 Å². The van der Waals surface area contributed by atoms with Crippen LogP contribution in [0.2, 0.25) is 0 Å². The fraction of sp³-hybridized carbons (Fsp3) is 0.500. The highest BCUT2D eigenvalue weighted by Gasteiger charge is 2.31. The molecule has 0 spiro atoms. The van der Waals surface area contributed by atoms with E-state index in [2.05, 4.69) is 4.72 Å². The molecule has 1 aliphatic heterocycles. The van der Waals surface area contributed by atoms with Crippen LogP contribution < -0.4 is 4.72 Å². The highest BCUT2D eigenvalue weighted by atomic mass is 32.2. The Balaban J connectivity index is 2.11. The second-order valence-electron chi connectivity index (χ2n) is 4.77. The molecule has 1 aromatic carbocycles. The van der Waals surface area contributed by atoms with Gasteiger partial charge in [0.25, 0.3) is 0 Å². The predicted octanol–water partition coefficient (Wildman–Crippen LogP) is 0.785. The summed E-state index contributed by atoms with van der Waals surface area (Å²) in [5.74, 6) is -1.95. The number of aliphatic hydroxyl groups is 1. The molecule has 0 amide bonds. The summed E-state index contributed by atoms with van der Waals surface area (Å²) in [4.78, 5) is -0.509. The molecule has 1 heterocycles. The lowest BCUT2D eigenvalue weighted by Gasteiger charge is -2.31. The van der Waals surface area contributed by atoms with Gasteiger partial charge in [0.1, 0.15) is 11.6 Å². The summed E-state index contributed by atoms with van der Waals surface area (Å²) in [7, 11) is -4.07. The Labute approximate surface area is 115 Å². The van der Waals surface area contributed by atoms with Crippen LogP contribution in [0.3, 0.4) is 0 Å². The Bertz CT molecular complexity index is 565. The van der Waals surface area contributed by atoms with Gasteiger partial charge in [-0.05, 0) is 12.1 Å². The summed E-state index contributed by atoms with van der Waals surface area (Å²) in [6, 6.07) is 2.03. The van der Waals surface area contributed by atoms with Gasteiger partial charge >= 0.3 is 0 Å². The number of nitrogens with one attached hydrogen (secondary N) is 1. The Morgan fingerprint density at radius 3 is 2.30 bits per heavy atom. The lowest BCUT2D eigenvalue weighted by molar-refractivity contribution is -0.0588. The lowest BCUT2D eigenvalue weighted by Crippen LogP contribution is -2.46. The summed E-state index contributed by atoms with van der Waals surface area (Å²) in [6.45, 7) is 0.455. The smallest absolute Gasteiger partial charge is 0.240 e. The molecule has 8 heteroatoms. The van der Waals surface area contributed by atoms with Gasteiger partial charge in [-0.1, -0.05) is 0 Å². The zero-order valence-electron chi connectivity index (χ0n) is 10.6. The number of sulfonamides is 1. The normalized spacial score (nSPS) is 18.9. The molecule has 0 bridgehead atoms.